The predicted octanol–water partition coefficient (Wildman–Crippen LogP) is 2.98. The van der Waals surface area contributed by atoms with Gasteiger partial charge in [0.15, 0.2) is 6.29 Å². The maximum absolute atomic E-state index is 5.99. The second-order valence-electron chi connectivity index (χ2n) is 4.72. The van der Waals surface area contributed by atoms with Gasteiger partial charge in [0.25, 0.3) is 0 Å². The standard InChI is InChI=1S/C12H22O2/c1-7-12(9(4)5)10(6)13-11(14-12)8(2)3/h7-11H,1H2,2-6H3/t10-,11-,12-/m0/s1. The zero-order valence-electron chi connectivity index (χ0n) is 9.91. The third-order valence-corrected chi connectivity index (χ3v) is 3.06. The maximum Gasteiger partial charge on any atom is 0.161 e. The molecule has 0 radical (unpaired) electrons. The minimum Gasteiger partial charge on any atom is -0.346 e. The van der Waals surface area contributed by atoms with Gasteiger partial charge >= 0.3 is 0 Å². The van der Waals surface area contributed by atoms with Crippen LogP contribution in [-0.2, 0) is 9.47 Å². The highest BCUT2D eigenvalue weighted by Gasteiger charge is 2.48. The molecule has 0 bridgehead atoms. The summed E-state index contributed by atoms with van der Waals surface area (Å²) in [6, 6.07) is 0. The summed E-state index contributed by atoms with van der Waals surface area (Å²) in [7, 11) is 0. The molecule has 0 N–H and O–H groups in total. The molecule has 0 aliphatic carbocycles. The van der Waals surface area contributed by atoms with E-state index in [9.17, 15) is 0 Å². The van der Waals surface area contributed by atoms with Crippen LogP contribution in [0, 0.1) is 11.8 Å². The van der Waals surface area contributed by atoms with E-state index in [0.717, 1.165) is 0 Å². The molecule has 14 heavy (non-hydrogen) atoms. The quantitative estimate of drug-likeness (QED) is 0.649. The van der Waals surface area contributed by atoms with E-state index >= 15 is 0 Å². The van der Waals surface area contributed by atoms with Gasteiger partial charge in [0.05, 0.1) is 6.10 Å². The van der Waals surface area contributed by atoms with Crippen LogP contribution in [0.5, 0.6) is 0 Å². The minimum absolute atomic E-state index is 0.0902. The molecule has 0 spiro atoms. The van der Waals surface area contributed by atoms with Crippen molar-refractivity contribution in [2.75, 3.05) is 0 Å². The van der Waals surface area contributed by atoms with Crippen molar-refractivity contribution in [3.63, 3.8) is 0 Å². The van der Waals surface area contributed by atoms with Gasteiger partial charge in [-0.3, -0.25) is 0 Å². The monoisotopic (exact) mass is 198 g/mol. The highest BCUT2D eigenvalue weighted by atomic mass is 16.7. The molecule has 0 aromatic heterocycles. The van der Waals surface area contributed by atoms with Crippen LogP contribution in [-0.4, -0.2) is 18.0 Å². The molecular weight excluding hydrogens is 176 g/mol. The first-order chi connectivity index (χ1) is 6.44. The molecule has 1 aliphatic rings. The molecule has 1 aliphatic heterocycles. The van der Waals surface area contributed by atoms with Gasteiger partial charge in [0.2, 0.25) is 0 Å². The summed E-state index contributed by atoms with van der Waals surface area (Å²) in [5.41, 5.74) is -0.311. The summed E-state index contributed by atoms with van der Waals surface area (Å²) >= 11 is 0. The average molecular weight is 198 g/mol. The van der Waals surface area contributed by atoms with E-state index in [0.29, 0.717) is 11.8 Å². The Morgan fingerprint density at radius 1 is 1.29 bits per heavy atom. The van der Waals surface area contributed by atoms with Gasteiger partial charge in [0, 0.05) is 5.92 Å². The van der Waals surface area contributed by atoms with E-state index in [1.165, 1.54) is 0 Å². The van der Waals surface area contributed by atoms with Crippen LogP contribution in [0.1, 0.15) is 34.6 Å². The summed E-state index contributed by atoms with van der Waals surface area (Å²) in [4.78, 5) is 0. The van der Waals surface area contributed by atoms with E-state index in [2.05, 4.69) is 41.2 Å². The smallest absolute Gasteiger partial charge is 0.161 e. The van der Waals surface area contributed by atoms with Gasteiger partial charge in [-0.25, -0.2) is 0 Å². The van der Waals surface area contributed by atoms with Crippen molar-refractivity contribution in [3.05, 3.63) is 12.7 Å². The highest BCUT2D eigenvalue weighted by Crippen LogP contribution is 2.39. The minimum atomic E-state index is -0.311. The molecule has 2 heteroatoms. The zero-order valence-corrected chi connectivity index (χ0v) is 9.91. The Labute approximate surface area is 87.3 Å². The van der Waals surface area contributed by atoms with Gasteiger partial charge in [-0.15, -0.1) is 6.58 Å². The van der Waals surface area contributed by atoms with Gasteiger partial charge < -0.3 is 9.47 Å². The Kier molecular flexibility index (Phi) is 3.38. The lowest BCUT2D eigenvalue weighted by atomic mass is 9.86. The zero-order chi connectivity index (χ0) is 10.9. The molecular formula is C12H22O2. The average Bonchev–Trinajstić information content (AvgIpc) is 2.44. The molecule has 0 aromatic rings. The number of hydrogen-bond donors (Lipinski definition) is 0. The first kappa shape index (κ1) is 11.7. The molecule has 0 saturated carbocycles. The van der Waals surface area contributed by atoms with E-state index in [4.69, 9.17) is 9.47 Å². The molecule has 1 rings (SSSR count). The second kappa shape index (κ2) is 4.03. The summed E-state index contributed by atoms with van der Waals surface area (Å²) in [6.45, 7) is 14.4. The van der Waals surface area contributed by atoms with Crippen molar-refractivity contribution in [1.29, 1.82) is 0 Å². The lowest BCUT2D eigenvalue weighted by Gasteiger charge is -2.31. The maximum atomic E-state index is 5.99. The fourth-order valence-electron chi connectivity index (χ4n) is 1.98. The Morgan fingerprint density at radius 2 is 1.86 bits per heavy atom. The van der Waals surface area contributed by atoms with E-state index in [1.807, 2.05) is 6.08 Å². The molecule has 1 saturated heterocycles. The third-order valence-electron chi connectivity index (χ3n) is 3.06. The van der Waals surface area contributed by atoms with E-state index < -0.39 is 0 Å². The number of ether oxygens (including phenoxy) is 2. The van der Waals surface area contributed by atoms with Crippen LogP contribution in [0.3, 0.4) is 0 Å². The molecule has 0 unspecified atom stereocenters. The van der Waals surface area contributed by atoms with Crippen molar-refractivity contribution in [3.8, 4) is 0 Å². The van der Waals surface area contributed by atoms with E-state index in [-0.39, 0.29) is 18.0 Å². The largest absolute Gasteiger partial charge is 0.346 e. The van der Waals surface area contributed by atoms with E-state index in [1.54, 1.807) is 0 Å². The second-order valence-corrected chi connectivity index (χ2v) is 4.72. The van der Waals surface area contributed by atoms with Crippen LogP contribution >= 0.6 is 0 Å². The Bertz CT molecular complexity index is 210. The molecule has 82 valence electrons. The Balaban J connectivity index is 2.85. The fourth-order valence-corrected chi connectivity index (χ4v) is 1.98. The lowest BCUT2D eigenvalue weighted by Crippen LogP contribution is -2.41. The Hall–Kier alpha value is -0.340. The lowest BCUT2D eigenvalue weighted by molar-refractivity contribution is -0.113. The fraction of sp³-hybridized carbons (Fsp3) is 0.833. The summed E-state index contributed by atoms with van der Waals surface area (Å²) in [5.74, 6) is 0.775. The van der Waals surface area contributed by atoms with Crippen LogP contribution in [0.25, 0.3) is 0 Å². The highest BCUT2D eigenvalue weighted by molar-refractivity contribution is 5.07. The topological polar surface area (TPSA) is 18.5 Å². The summed E-state index contributed by atoms with van der Waals surface area (Å²) in [6.07, 6.45) is 1.89. The number of rotatable bonds is 3. The molecule has 0 aromatic carbocycles. The molecule has 1 heterocycles. The Morgan fingerprint density at radius 3 is 2.07 bits per heavy atom. The number of hydrogen-bond acceptors (Lipinski definition) is 2. The summed E-state index contributed by atoms with van der Waals surface area (Å²) < 4.78 is 11.8. The van der Waals surface area contributed by atoms with Crippen LogP contribution < -0.4 is 0 Å². The van der Waals surface area contributed by atoms with Crippen molar-refractivity contribution >= 4 is 0 Å². The van der Waals surface area contributed by atoms with Crippen molar-refractivity contribution < 1.29 is 9.47 Å². The van der Waals surface area contributed by atoms with Gasteiger partial charge in [-0.05, 0) is 12.8 Å². The first-order valence-electron chi connectivity index (χ1n) is 5.41. The predicted molar refractivity (Wildman–Crippen MR) is 58.0 cm³/mol. The molecule has 2 nitrogen and oxygen atoms in total. The SMILES string of the molecule is C=C[C@@]1(C(C)C)O[C@@H](C(C)C)O[C@H]1C. The van der Waals surface area contributed by atoms with Crippen molar-refractivity contribution in [2.45, 2.75) is 52.6 Å². The molecule has 1 fully saturated rings. The van der Waals surface area contributed by atoms with Crippen LogP contribution in [0.2, 0.25) is 0 Å². The van der Waals surface area contributed by atoms with Gasteiger partial charge in [-0.2, -0.15) is 0 Å². The van der Waals surface area contributed by atoms with Crippen molar-refractivity contribution in [1.82, 2.24) is 0 Å². The van der Waals surface area contributed by atoms with Crippen LogP contribution in [0.15, 0.2) is 12.7 Å². The van der Waals surface area contributed by atoms with Crippen molar-refractivity contribution in [2.24, 2.45) is 11.8 Å². The first-order valence-corrected chi connectivity index (χ1v) is 5.41. The molecule has 0 amide bonds. The summed E-state index contributed by atoms with van der Waals surface area (Å²) in [5, 5.41) is 0. The third kappa shape index (κ3) is 1.73. The van der Waals surface area contributed by atoms with Crippen LogP contribution in [0.4, 0.5) is 0 Å². The molecule has 3 atom stereocenters. The van der Waals surface area contributed by atoms with Gasteiger partial charge in [0.1, 0.15) is 5.60 Å². The normalized spacial score (nSPS) is 38.2. The van der Waals surface area contributed by atoms with Gasteiger partial charge in [-0.1, -0.05) is 33.8 Å².